The van der Waals surface area contributed by atoms with Gasteiger partial charge in [0.15, 0.2) is 0 Å². The first-order chi connectivity index (χ1) is 15.7. The summed E-state index contributed by atoms with van der Waals surface area (Å²) in [5.41, 5.74) is 3.89. The lowest BCUT2D eigenvalue weighted by molar-refractivity contribution is -0.125. The summed E-state index contributed by atoms with van der Waals surface area (Å²) in [6, 6.07) is 14.0. The highest BCUT2D eigenvalue weighted by Gasteiger charge is 2.26. The van der Waals surface area contributed by atoms with E-state index >= 15 is 0 Å². The molecule has 1 aromatic heterocycles. The second-order valence-electron chi connectivity index (χ2n) is 8.89. The van der Waals surface area contributed by atoms with Crippen molar-refractivity contribution in [1.29, 1.82) is 0 Å². The van der Waals surface area contributed by atoms with Crippen LogP contribution in [-0.2, 0) is 4.79 Å². The Morgan fingerprint density at radius 1 is 1.12 bits per heavy atom. The quantitative estimate of drug-likeness (QED) is 0.586. The third-order valence-electron chi connectivity index (χ3n) is 6.68. The summed E-state index contributed by atoms with van der Waals surface area (Å²) >= 11 is 6.54. The highest BCUT2D eigenvalue weighted by Crippen LogP contribution is 2.33. The fraction of sp³-hybridized carbons (Fsp3) is 0.440. The Balaban J connectivity index is 1.27. The highest BCUT2D eigenvalue weighted by molar-refractivity contribution is 6.33. The van der Waals surface area contributed by atoms with E-state index < -0.39 is 0 Å². The van der Waals surface area contributed by atoms with Gasteiger partial charge in [-0.2, -0.15) is 0 Å². The maximum absolute atomic E-state index is 12.8. The number of piperidine rings is 1. The monoisotopic (exact) mass is 451 g/mol. The average molecular weight is 452 g/mol. The standard InChI is InChI=1S/C25H30ClN5O/c26-21-10-9-19(16-20(21)24-28-22-7-1-2-8-23(22)29-24)31-14-5-6-18(17-31)25(32)27-11-15-30-12-3-4-13-30/h1-2,7-10,16,18H,3-6,11-15,17H2,(H,27,32)(H,28,29)/t18-/m1/s1. The van der Waals surface area contributed by atoms with Crippen molar-refractivity contribution < 1.29 is 4.79 Å². The molecule has 32 heavy (non-hydrogen) atoms. The molecule has 0 saturated carbocycles. The van der Waals surface area contributed by atoms with Gasteiger partial charge >= 0.3 is 0 Å². The molecule has 2 aliphatic rings. The topological polar surface area (TPSA) is 64.3 Å². The van der Waals surface area contributed by atoms with Crippen LogP contribution >= 0.6 is 11.6 Å². The molecule has 1 atom stereocenters. The van der Waals surface area contributed by atoms with Crippen molar-refractivity contribution in [2.75, 3.05) is 44.2 Å². The van der Waals surface area contributed by atoms with Crippen LogP contribution in [0.5, 0.6) is 0 Å². The Morgan fingerprint density at radius 3 is 2.81 bits per heavy atom. The molecule has 1 amide bonds. The highest BCUT2D eigenvalue weighted by atomic mass is 35.5. The molecule has 168 valence electrons. The summed E-state index contributed by atoms with van der Waals surface area (Å²) in [5, 5.41) is 3.84. The molecule has 2 aromatic carbocycles. The number of hydrogen-bond acceptors (Lipinski definition) is 4. The van der Waals surface area contributed by atoms with Gasteiger partial charge in [0.05, 0.1) is 22.0 Å². The number of halogens is 1. The number of benzene rings is 2. The number of H-pyrrole nitrogens is 1. The second kappa shape index (κ2) is 9.51. The average Bonchev–Trinajstić information content (AvgIpc) is 3.49. The largest absolute Gasteiger partial charge is 0.371 e. The van der Waals surface area contributed by atoms with E-state index in [4.69, 9.17) is 16.6 Å². The number of carbonyl (C=O) groups is 1. The number of imidazole rings is 1. The SMILES string of the molecule is O=C(NCCN1CCCC1)[C@@H]1CCCN(c2ccc(Cl)c(-c3nc4ccccc4[nH]3)c2)C1. The van der Waals surface area contributed by atoms with E-state index in [0.29, 0.717) is 5.02 Å². The predicted molar refractivity (Wildman–Crippen MR) is 130 cm³/mol. The second-order valence-corrected chi connectivity index (χ2v) is 9.30. The Hall–Kier alpha value is -2.57. The van der Waals surface area contributed by atoms with Crippen LogP contribution in [0.2, 0.25) is 5.02 Å². The van der Waals surface area contributed by atoms with Gasteiger partial charge in [-0.1, -0.05) is 23.7 Å². The number of nitrogens with zero attached hydrogens (tertiary/aromatic N) is 3. The zero-order valence-electron chi connectivity index (χ0n) is 18.3. The van der Waals surface area contributed by atoms with Crippen molar-refractivity contribution in [2.45, 2.75) is 25.7 Å². The van der Waals surface area contributed by atoms with E-state index in [0.717, 1.165) is 80.2 Å². The summed E-state index contributed by atoms with van der Waals surface area (Å²) in [4.78, 5) is 25.6. The van der Waals surface area contributed by atoms with Crippen LogP contribution in [0.25, 0.3) is 22.4 Å². The van der Waals surface area contributed by atoms with E-state index in [2.05, 4.69) is 26.2 Å². The van der Waals surface area contributed by atoms with Crippen molar-refractivity contribution in [3.63, 3.8) is 0 Å². The third-order valence-corrected chi connectivity index (χ3v) is 7.01. The van der Waals surface area contributed by atoms with Crippen LogP contribution in [-0.4, -0.2) is 60.0 Å². The van der Waals surface area contributed by atoms with Gasteiger partial charge in [0.1, 0.15) is 5.82 Å². The molecule has 0 spiro atoms. The zero-order valence-corrected chi connectivity index (χ0v) is 19.1. The molecule has 2 saturated heterocycles. The summed E-state index contributed by atoms with van der Waals surface area (Å²) in [7, 11) is 0. The number of amides is 1. The Labute approximate surface area is 194 Å². The molecule has 0 radical (unpaired) electrons. The van der Waals surface area contributed by atoms with Gasteiger partial charge in [-0.25, -0.2) is 4.98 Å². The number of aromatic amines is 1. The predicted octanol–water partition coefficient (Wildman–Crippen LogP) is 4.31. The minimum atomic E-state index is 0.0210. The van der Waals surface area contributed by atoms with E-state index in [1.165, 1.54) is 12.8 Å². The van der Waals surface area contributed by atoms with Crippen LogP contribution in [0.15, 0.2) is 42.5 Å². The lowest BCUT2D eigenvalue weighted by Gasteiger charge is -2.34. The molecular formula is C25H30ClN5O. The van der Waals surface area contributed by atoms with Crippen molar-refractivity contribution in [2.24, 2.45) is 5.92 Å². The third kappa shape index (κ3) is 4.62. The molecule has 3 aromatic rings. The molecular weight excluding hydrogens is 422 g/mol. The van der Waals surface area contributed by atoms with Gasteiger partial charge in [-0.15, -0.1) is 0 Å². The van der Waals surface area contributed by atoms with Crippen LogP contribution in [0.3, 0.4) is 0 Å². The number of para-hydroxylation sites is 2. The van der Waals surface area contributed by atoms with Gasteiger partial charge in [0.2, 0.25) is 5.91 Å². The van der Waals surface area contributed by atoms with E-state index in [-0.39, 0.29) is 11.8 Å². The number of rotatable bonds is 6. The minimum Gasteiger partial charge on any atom is -0.371 e. The van der Waals surface area contributed by atoms with Crippen LogP contribution < -0.4 is 10.2 Å². The maximum atomic E-state index is 12.8. The van der Waals surface area contributed by atoms with E-state index in [9.17, 15) is 4.79 Å². The normalized spacial score (nSPS) is 19.5. The lowest BCUT2D eigenvalue weighted by Crippen LogP contribution is -2.44. The first-order valence-corrected chi connectivity index (χ1v) is 12.0. The Kier molecular flexibility index (Phi) is 6.32. The number of anilines is 1. The van der Waals surface area contributed by atoms with Gasteiger partial charge < -0.3 is 20.1 Å². The summed E-state index contributed by atoms with van der Waals surface area (Å²) in [5.74, 6) is 0.972. The van der Waals surface area contributed by atoms with Crippen molar-refractivity contribution in [1.82, 2.24) is 20.2 Å². The number of nitrogens with one attached hydrogen (secondary N) is 2. The smallest absolute Gasteiger partial charge is 0.224 e. The van der Waals surface area contributed by atoms with E-state index in [1.54, 1.807) is 0 Å². The summed E-state index contributed by atoms with van der Waals surface area (Å²) in [6.45, 7) is 5.70. The van der Waals surface area contributed by atoms with Gasteiger partial charge in [0.25, 0.3) is 0 Å². The summed E-state index contributed by atoms with van der Waals surface area (Å²) < 4.78 is 0. The van der Waals surface area contributed by atoms with Crippen molar-refractivity contribution >= 4 is 34.2 Å². The first kappa shape index (κ1) is 21.3. The molecule has 3 heterocycles. The summed E-state index contributed by atoms with van der Waals surface area (Å²) in [6.07, 6.45) is 4.51. The van der Waals surface area contributed by atoms with Crippen LogP contribution in [0.4, 0.5) is 5.69 Å². The molecule has 2 N–H and O–H groups in total. The molecule has 6 nitrogen and oxygen atoms in total. The molecule has 5 rings (SSSR count). The number of fused-ring (bicyclic) bond motifs is 1. The molecule has 0 bridgehead atoms. The zero-order chi connectivity index (χ0) is 21.9. The Bertz CT molecular complexity index is 1060. The van der Waals surface area contributed by atoms with Crippen LogP contribution in [0, 0.1) is 5.92 Å². The van der Waals surface area contributed by atoms with Crippen molar-refractivity contribution in [3.05, 3.63) is 47.5 Å². The molecule has 2 aliphatic heterocycles. The van der Waals surface area contributed by atoms with Gasteiger partial charge in [-0.3, -0.25) is 4.79 Å². The van der Waals surface area contributed by atoms with Gasteiger partial charge in [-0.05, 0) is 69.1 Å². The minimum absolute atomic E-state index is 0.0210. The maximum Gasteiger partial charge on any atom is 0.224 e. The first-order valence-electron chi connectivity index (χ1n) is 11.7. The number of hydrogen-bond donors (Lipinski definition) is 2. The van der Waals surface area contributed by atoms with Crippen LogP contribution in [0.1, 0.15) is 25.7 Å². The van der Waals surface area contributed by atoms with Crippen molar-refractivity contribution in [3.8, 4) is 11.4 Å². The number of carbonyl (C=O) groups excluding carboxylic acids is 1. The fourth-order valence-corrected chi connectivity index (χ4v) is 5.09. The molecule has 0 aliphatic carbocycles. The number of aromatic nitrogens is 2. The van der Waals surface area contributed by atoms with Gasteiger partial charge in [0, 0.05) is 37.4 Å². The molecule has 0 unspecified atom stereocenters. The number of likely N-dealkylation sites (tertiary alicyclic amines) is 1. The fourth-order valence-electron chi connectivity index (χ4n) is 4.89. The lowest BCUT2D eigenvalue weighted by atomic mass is 9.96. The Morgan fingerprint density at radius 2 is 1.97 bits per heavy atom. The van der Waals surface area contributed by atoms with E-state index in [1.807, 2.05) is 36.4 Å². The molecule has 2 fully saturated rings. The molecule has 7 heteroatoms.